The molecular formula is C20H29N3O3S. The third-order valence-corrected chi connectivity index (χ3v) is 5.28. The van der Waals surface area contributed by atoms with Crippen molar-refractivity contribution >= 4 is 17.0 Å². The Morgan fingerprint density at radius 1 is 1.19 bits per heavy atom. The van der Waals surface area contributed by atoms with Crippen LogP contribution < -0.4 is 14.4 Å². The molecule has 1 fully saturated rings. The van der Waals surface area contributed by atoms with Crippen molar-refractivity contribution in [3.63, 3.8) is 0 Å². The monoisotopic (exact) mass is 391 g/mol. The van der Waals surface area contributed by atoms with Gasteiger partial charge in [-0.05, 0) is 32.9 Å². The SMILES string of the molecule is Cc1csc(OCC(O)CN2CCN(c3ccccc3OC(C)C)CC2)n1. The lowest BCUT2D eigenvalue weighted by molar-refractivity contribution is 0.0661. The van der Waals surface area contributed by atoms with Crippen LogP contribution >= 0.6 is 11.3 Å². The van der Waals surface area contributed by atoms with Crippen LogP contribution in [0.5, 0.6) is 10.9 Å². The van der Waals surface area contributed by atoms with Crippen LogP contribution in [0.2, 0.25) is 0 Å². The minimum Gasteiger partial charge on any atom is -0.489 e. The van der Waals surface area contributed by atoms with E-state index in [1.165, 1.54) is 11.3 Å². The molecule has 3 rings (SSSR count). The summed E-state index contributed by atoms with van der Waals surface area (Å²) in [6.07, 6.45) is -0.360. The maximum absolute atomic E-state index is 10.3. The van der Waals surface area contributed by atoms with E-state index in [0.29, 0.717) is 11.7 Å². The third-order valence-electron chi connectivity index (χ3n) is 4.41. The van der Waals surface area contributed by atoms with E-state index in [9.17, 15) is 5.11 Å². The van der Waals surface area contributed by atoms with E-state index in [4.69, 9.17) is 9.47 Å². The number of thiazole rings is 1. The largest absolute Gasteiger partial charge is 0.489 e. The van der Waals surface area contributed by atoms with Crippen LogP contribution in [0.1, 0.15) is 19.5 Å². The van der Waals surface area contributed by atoms with Gasteiger partial charge in [-0.3, -0.25) is 4.90 Å². The summed E-state index contributed by atoms with van der Waals surface area (Å²) in [5, 5.41) is 12.8. The number of β-amino-alcohol motifs (C(OH)–C–C–N with tert-alkyl or cyclic N) is 1. The van der Waals surface area contributed by atoms with Crippen molar-refractivity contribution in [2.45, 2.75) is 33.0 Å². The number of piperazine rings is 1. The molecule has 0 amide bonds. The standard InChI is InChI=1S/C20H29N3O3S/c1-15(2)26-19-7-5-4-6-18(19)23-10-8-22(9-11-23)12-17(24)13-25-20-21-16(3)14-27-20/h4-7,14-15,17,24H,8-13H2,1-3H3. The van der Waals surface area contributed by atoms with Crippen LogP contribution in [-0.4, -0.2) is 66.5 Å². The smallest absolute Gasteiger partial charge is 0.273 e. The number of ether oxygens (including phenoxy) is 2. The number of anilines is 1. The average Bonchev–Trinajstić information content (AvgIpc) is 3.06. The second-order valence-corrected chi connectivity index (χ2v) is 7.96. The van der Waals surface area contributed by atoms with Gasteiger partial charge < -0.3 is 19.5 Å². The molecule has 1 aliphatic heterocycles. The maximum Gasteiger partial charge on any atom is 0.273 e. The number of aliphatic hydroxyl groups is 1. The number of hydrogen-bond donors (Lipinski definition) is 1. The van der Waals surface area contributed by atoms with Crippen molar-refractivity contribution in [2.75, 3.05) is 44.2 Å². The molecule has 1 aromatic carbocycles. The molecule has 27 heavy (non-hydrogen) atoms. The molecule has 6 nitrogen and oxygen atoms in total. The number of aryl methyl sites for hydroxylation is 1. The first-order valence-corrected chi connectivity index (χ1v) is 10.3. The molecule has 1 saturated heterocycles. The zero-order valence-corrected chi connectivity index (χ0v) is 17.1. The van der Waals surface area contributed by atoms with Gasteiger partial charge >= 0.3 is 0 Å². The molecule has 1 aromatic heterocycles. The van der Waals surface area contributed by atoms with Crippen LogP contribution in [0.4, 0.5) is 5.69 Å². The van der Waals surface area contributed by atoms with Crippen molar-refractivity contribution in [3.8, 4) is 10.9 Å². The van der Waals surface area contributed by atoms with Crippen LogP contribution in [0.3, 0.4) is 0 Å². The van der Waals surface area contributed by atoms with Crippen LogP contribution in [-0.2, 0) is 0 Å². The van der Waals surface area contributed by atoms with Gasteiger partial charge in [-0.2, -0.15) is 0 Å². The lowest BCUT2D eigenvalue weighted by Crippen LogP contribution is -2.49. The van der Waals surface area contributed by atoms with Crippen molar-refractivity contribution < 1.29 is 14.6 Å². The van der Waals surface area contributed by atoms with Gasteiger partial charge in [0.1, 0.15) is 18.5 Å². The van der Waals surface area contributed by atoms with Gasteiger partial charge in [0.25, 0.3) is 5.19 Å². The Morgan fingerprint density at radius 2 is 1.93 bits per heavy atom. The summed E-state index contributed by atoms with van der Waals surface area (Å²) in [4.78, 5) is 8.89. The molecule has 1 unspecified atom stereocenters. The van der Waals surface area contributed by atoms with E-state index in [1.54, 1.807) is 0 Å². The summed E-state index contributed by atoms with van der Waals surface area (Å²) in [5.74, 6) is 0.938. The summed E-state index contributed by atoms with van der Waals surface area (Å²) in [6, 6.07) is 8.21. The van der Waals surface area contributed by atoms with E-state index in [1.807, 2.05) is 38.3 Å². The highest BCUT2D eigenvalue weighted by Crippen LogP contribution is 2.29. The van der Waals surface area contributed by atoms with Crippen molar-refractivity contribution in [2.24, 2.45) is 0 Å². The number of para-hydroxylation sites is 2. The van der Waals surface area contributed by atoms with Gasteiger partial charge in [0.05, 0.1) is 17.5 Å². The lowest BCUT2D eigenvalue weighted by Gasteiger charge is -2.37. The zero-order chi connectivity index (χ0) is 19.2. The van der Waals surface area contributed by atoms with Gasteiger partial charge in [-0.15, -0.1) is 0 Å². The van der Waals surface area contributed by atoms with E-state index >= 15 is 0 Å². The fourth-order valence-electron chi connectivity index (χ4n) is 3.16. The third kappa shape index (κ3) is 5.82. The lowest BCUT2D eigenvalue weighted by atomic mass is 10.2. The Bertz CT molecular complexity index is 714. The summed E-state index contributed by atoms with van der Waals surface area (Å²) in [5.41, 5.74) is 2.09. The molecule has 0 bridgehead atoms. The molecule has 1 aliphatic rings. The fraction of sp³-hybridized carbons (Fsp3) is 0.550. The summed E-state index contributed by atoms with van der Waals surface area (Å²) >= 11 is 1.46. The van der Waals surface area contributed by atoms with Gasteiger partial charge in [0, 0.05) is 38.1 Å². The molecule has 1 atom stereocenters. The topological polar surface area (TPSA) is 58.1 Å². The molecule has 2 heterocycles. The Balaban J connectivity index is 1.46. The van der Waals surface area contributed by atoms with E-state index in [2.05, 4.69) is 26.9 Å². The number of aliphatic hydroxyl groups excluding tert-OH is 1. The normalized spacial score (nSPS) is 16.6. The van der Waals surface area contributed by atoms with Crippen LogP contribution in [0, 0.1) is 6.92 Å². The Kier molecular flexibility index (Phi) is 6.93. The summed E-state index contributed by atoms with van der Waals surface area (Å²) in [7, 11) is 0. The number of nitrogens with zero attached hydrogens (tertiary/aromatic N) is 3. The molecule has 0 spiro atoms. The van der Waals surface area contributed by atoms with E-state index < -0.39 is 6.10 Å². The first-order chi connectivity index (χ1) is 13.0. The van der Waals surface area contributed by atoms with Crippen molar-refractivity contribution in [3.05, 3.63) is 35.3 Å². The van der Waals surface area contributed by atoms with Gasteiger partial charge in [-0.25, -0.2) is 4.98 Å². The maximum atomic E-state index is 10.3. The summed E-state index contributed by atoms with van der Waals surface area (Å²) < 4.78 is 11.5. The van der Waals surface area contributed by atoms with Gasteiger partial charge in [0.2, 0.25) is 0 Å². The molecule has 0 radical (unpaired) electrons. The summed E-state index contributed by atoms with van der Waals surface area (Å²) in [6.45, 7) is 10.6. The van der Waals surface area contributed by atoms with Crippen molar-refractivity contribution in [1.82, 2.24) is 9.88 Å². The average molecular weight is 392 g/mol. The van der Waals surface area contributed by atoms with Crippen LogP contribution in [0.25, 0.3) is 0 Å². The van der Waals surface area contributed by atoms with Gasteiger partial charge in [-0.1, -0.05) is 23.5 Å². The van der Waals surface area contributed by atoms with E-state index in [-0.39, 0.29) is 12.7 Å². The Labute approximate surface area is 165 Å². The first kappa shape index (κ1) is 19.9. The quantitative estimate of drug-likeness (QED) is 0.747. The van der Waals surface area contributed by atoms with Crippen molar-refractivity contribution in [1.29, 1.82) is 0 Å². The minimum atomic E-state index is -0.516. The highest BCUT2D eigenvalue weighted by molar-refractivity contribution is 7.11. The Hall–Kier alpha value is -1.83. The van der Waals surface area contributed by atoms with E-state index in [0.717, 1.165) is 43.3 Å². The zero-order valence-electron chi connectivity index (χ0n) is 16.3. The molecule has 0 saturated carbocycles. The molecule has 1 N–H and O–H groups in total. The second kappa shape index (κ2) is 9.39. The first-order valence-electron chi connectivity index (χ1n) is 9.47. The van der Waals surface area contributed by atoms with Gasteiger partial charge in [0.15, 0.2) is 0 Å². The predicted octanol–water partition coefficient (Wildman–Crippen LogP) is 2.80. The second-order valence-electron chi connectivity index (χ2n) is 7.14. The number of aromatic nitrogens is 1. The number of benzene rings is 1. The number of hydrogen-bond acceptors (Lipinski definition) is 7. The fourth-order valence-corrected chi connectivity index (χ4v) is 3.82. The predicted molar refractivity (Wildman–Crippen MR) is 109 cm³/mol. The molecular weight excluding hydrogens is 362 g/mol. The molecule has 148 valence electrons. The minimum absolute atomic E-state index is 0.157. The molecule has 0 aliphatic carbocycles. The number of rotatable bonds is 8. The molecule has 2 aromatic rings. The highest BCUT2D eigenvalue weighted by Gasteiger charge is 2.22. The Morgan fingerprint density at radius 3 is 2.59 bits per heavy atom. The molecule has 7 heteroatoms. The van der Waals surface area contributed by atoms with Crippen LogP contribution in [0.15, 0.2) is 29.6 Å². The highest BCUT2D eigenvalue weighted by atomic mass is 32.1.